The van der Waals surface area contributed by atoms with Crippen molar-refractivity contribution < 1.29 is 9.84 Å². The topological polar surface area (TPSA) is 67.3 Å². The van der Waals surface area contributed by atoms with Crippen LogP contribution in [0.25, 0.3) is 0 Å². The lowest BCUT2D eigenvalue weighted by Crippen LogP contribution is -2.31. The number of nitrogens with one attached hydrogen (secondary N) is 1. The van der Waals surface area contributed by atoms with Gasteiger partial charge in [0.05, 0.1) is 13.2 Å². The molecule has 0 radical (unpaired) electrons. The van der Waals surface area contributed by atoms with Gasteiger partial charge in [-0.15, -0.1) is 0 Å². The molecule has 1 aromatic rings. The Bertz CT molecular complexity index is 417. The Hall–Kier alpha value is -1.36. The van der Waals surface area contributed by atoms with Gasteiger partial charge in [0.25, 0.3) is 0 Å². The average Bonchev–Trinajstić information content (AvgIpc) is 2.86. The van der Waals surface area contributed by atoms with Crippen LogP contribution in [0, 0.1) is 12.3 Å². The van der Waals surface area contributed by atoms with Gasteiger partial charge in [0.1, 0.15) is 0 Å². The Balaban J connectivity index is 2.02. The molecule has 1 aromatic heterocycles. The zero-order chi connectivity index (χ0) is 13.7. The number of aliphatic hydroxyl groups is 1. The van der Waals surface area contributed by atoms with Crippen LogP contribution in [0.1, 0.15) is 38.3 Å². The summed E-state index contributed by atoms with van der Waals surface area (Å²) in [6, 6.07) is 1.83. The number of ether oxygens (including phenoxy) is 1. The molecular formula is C14H23N3O2. The summed E-state index contributed by atoms with van der Waals surface area (Å²) in [5, 5.41) is 12.8. The second kappa shape index (κ2) is 6.19. The minimum Gasteiger partial charge on any atom is -0.478 e. The maximum atomic E-state index is 9.58. The molecule has 0 bridgehead atoms. The van der Waals surface area contributed by atoms with E-state index in [0.717, 1.165) is 25.1 Å². The van der Waals surface area contributed by atoms with Crippen molar-refractivity contribution in [2.45, 2.75) is 39.5 Å². The van der Waals surface area contributed by atoms with Gasteiger partial charge in [-0.3, -0.25) is 0 Å². The first-order valence-corrected chi connectivity index (χ1v) is 7.01. The molecule has 1 aliphatic rings. The van der Waals surface area contributed by atoms with Crippen molar-refractivity contribution in [2.24, 2.45) is 5.41 Å². The largest absolute Gasteiger partial charge is 0.478 e. The van der Waals surface area contributed by atoms with Crippen LogP contribution in [-0.2, 0) is 0 Å². The Kier molecular flexibility index (Phi) is 4.58. The number of aliphatic hydroxyl groups excluding tert-OH is 1. The molecule has 1 saturated carbocycles. The standard InChI is InChI=1S/C14H23N3O2/c1-3-19-12-8-11(2)16-13(17-12)15-9-14(10-18)6-4-5-7-14/h8,18H,3-7,9-10H2,1-2H3,(H,15,16,17). The van der Waals surface area contributed by atoms with Crippen LogP contribution in [0.2, 0.25) is 0 Å². The molecule has 2 rings (SSSR count). The minimum absolute atomic E-state index is 0.00111. The van der Waals surface area contributed by atoms with Gasteiger partial charge in [0.2, 0.25) is 11.8 Å². The van der Waals surface area contributed by atoms with E-state index in [4.69, 9.17) is 4.74 Å². The molecule has 0 amide bonds. The molecule has 1 heterocycles. The van der Waals surface area contributed by atoms with Crippen LogP contribution in [0.15, 0.2) is 6.07 Å². The minimum atomic E-state index is -0.00111. The van der Waals surface area contributed by atoms with Gasteiger partial charge in [0.15, 0.2) is 0 Å². The Morgan fingerprint density at radius 1 is 1.37 bits per heavy atom. The third-order valence-corrected chi connectivity index (χ3v) is 3.74. The van der Waals surface area contributed by atoms with E-state index in [2.05, 4.69) is 15.3 Å². The van der Waals surface area contributed by atoms with E-state index < -0.39 is 0 Å². The molecule has 0 spiro atoms. The highest BCUT2D eigenvalue weighted by atomic mass is 16.5. The lowest BCUT2D eigenvalue weighted by atomic mass is 9.87. The van der Waals surface area contributed by atoms with Gasteiger partial charge >= 0.3 is 0 Å². The van der Waals surface area contributed by atoms with Crippen molar-refractivity contribution in [1.29, 1.82) is 0 Å². The fourth-order valence-electron chi connectivity index (χ4n) is 2.62. The molecule has 0 unspecified atom stereocenters. The van der Waals surface area contributed by atoms with Gasteiger partial charge in [-0.2, -0.15) is 4.98 Å². The van der Waals surface area contributed by atoms with Crippen LogP contribution in [0.4, 0.5) is 5.95 Å². The summed E-state index contributed by atoms with van der Waals surface area (Å²) in [7, 11) is 0. The van der Waals surface area contributed by atoms with Gasteiger partial charge in [0, 0.05) is 23.7 Å². The van der Waals surface area contributed by atoms with Crippen LogP contribution >= 0.6 is 0 Å². The lowest BCUT2D eigenvalue weighted by molar-refractivity contribution is 0.142. The van der Waals surface area contributed by atoms with E-state index >= 15 is 0 Å². The van der Waals surface area contributed by atoms with Crippen LogP contribution < -0.4 is 10.1 Å². The zero-order valence-electron chi connectivity index (χ0n) is 11.8. The SMILES string of the molecule is CCOc1cc(C)nc(NCC2(CO)CCCC2)n1. The Morgan fingerprint density at radius 2 is 2.11 bits per heavy atom. The smallest absolute Gasteiger partial charge is 0.226 e. The van der Waals surface area contributed by atoms with Crippen molar-refractivity contribution >= 4 is 5.95 Å². The second-order valence-corrected chi connectivity index (χ2v) is 5.32. The van der Waals surface area contributed by atoms with Gasteiger partial charge in [-0.25, -0.2) is 4.98 Å². The predicted molar refractivity (Wildman–Crippen MR) is 74.4 cm³/mol. The third kappa shape index (κ3) is 3.56. The van der Waals surface area contributed by atoms with Crippen molar-refractivity contribution in [3.63, 3.8) is 0 Å². The molecule has 106 valence electrons. The summed E-state index contributed by atoms with van der Waals surface area (Å²) in [5.74, 6) is 1.19. The maximum Gasteiger partial charge on any atom is 0.226 e. The highest BCUT2D eigenvalue weighted by molar-refractivity contribution is 5.31. The summed E-state index contributed by atoms with van der Waals surface area (Å²) in [4.78, 5) is 8.68. The number of hydrogen-bond acceptors (Lipinski definition) is 5. The first kappa shape index (κ1) is 14.1. The number of aromatic nitrogens is 2. The molecule has 2 N–H and O–H groups in total. The van der Waals surface area contributed by atoms with Crippen LogP contribution in [-0.4, -0.2) is 34.8 Å². The monoisotopic (exact) mass is 265 g/mol. The fourth-order valence-corrected chi connectivity index (χ4v) is 2.62. The fraction of sp³-hybridized carbons (Fsp3) is 0.714. The molecule has 0 aliphatic heterocycles. The predicted octanol–water partition coefficient (Wildman–Crippen LogP) is 2.15. The summed E-state index contributed by atoms with van der Waals surface area (Å²) in [6.45, 7) is 5.40. The first-order chi connectivity index (χ1) is 9.17. The molecular weight excluding hydrogens is 242 g/mol. The molecule has 19 heavy (non-hydrogen) atoms. The number of hydrogen-bond donors (Lipinski definition) is 2. The van der Waals surface area contributed by atoms with E-state index in [-0.39, 0.29) is 12.0 Å². The van der Waals surface area contributed by atoms with E-state index in [1.54, 1.807) is 0 Å². The quantitative estimate of drug-likeness (QED) is 0.825. The summed E-state index contributed by atoms with van der Waals surface area (Å²) >= 11 is 0. The summed E-state index contributed by atoms with van der Waals surface area (Å²) < 4.78 is 5.41. The summed E-state index contributed by atoms with van der Waals surface area (Å²) in [5.41, 5.74) is 0.879. The Morgan fingerprint density at radius 3 is 2.74 bits per heavy atom. The number of aryl methyl sites for hydroxylation is 1. The van der Waals surface area contributed by atoms with E-state index in [1.807, 2.05) is 19.9 Å². The van der Waals surface area contributed by atoms with Gasteiger partial charge in [-0.1, -0.05) is 12.8 Å². The highest BCUT2D eigenvalue weighted by Crippen LogP contribution is 2.37. The summed E-state index contributed by atoms with van der Waals surface area (Å²) in [6.07, 6.45) is 4.53. The second-order valence-electron chi connectivity index (χ2n) is 5.32. The molecule has 1 aliphatic carbocycles. The average molecular weight is 265 g/mol. The molecule has 0 atom stereocenters. The lowest BCUT2D eigenvalue weighted by Gasteiger charge is -2.26. The van der Waals surface area contributed by atoms with Crippen LogP contribution in [0.5, 0.6) is 5.88 Å². The van der Waals surface area contributed by atoms with Crippen molar-refractivity contribution in [3.05, 3.63) is 11.8 Å². The number of rotatable bonds is 6. The molecule has 0 saturated heterocycles. The normalized spacial score (nSPS) is 17.4. The van der Waals surface area contributed by atoms with Crippen molar-refractivity contribution in [3.8, 4) is 5.88 Å². The van der Waals surface area contributed by atoms with Crippen LogP contribution in [0.3, 0.4) is 0 Å². The highest BCUT2D eigenvalue weighted by Gasteiger charge is 2.33. The van der Waals surface area contributed by atoms with Gasteiger partial charge < -0.3 is 15.2 Å². The third-order valence-electron chi connectivity index (χ3n) is 3.74. The van der Waals surface area contributed by atoms with Crippen molar-refractivity contribution in [2.75, 3.05) is 25.1 Å². The zero-order valence-corrected chi connectivity index (χ0v) is 11.8. The van der Waals surface area contributed by atoms with Crippen molar-refractivity contribution in [1.82, 2.24) is 9.97 Å². The number of anilines is 1. The van der Waals surface area contributed by atoms with E-state index in [0.29, 0.717) is 18.4 Å². The number of nitrogens with zero attached hydrogens (tertiary/aromatic N) is 2. The maximum absolute atomic E-state index is 9.58. The van der Waals surface area contributed by atoms with E-state index in [1.165, 1.54) is 12.8 Å². The molecule has 1 fully saturated rings. The molecule has 5 heteroatoms. The Labute approximate surface area is 114 Å². The molecule has 5 nitrogen and oxygen atoms in total. The first-order valence-electron chi connectivity index (χ1n) is 7.01. The van der Waals surface area contributed by atoms with Gasteiger partial charge in [-0.05, 0) is 26.7 Å². The van der Waals surface area contributed by atoms with E-state index in [9.17, 15) is 5.11 Å². The molecule has 0 aromatic carbocycles.